The third kappa shape index (κ3) is 4.71. The Morgan fingerprint density at radius 1 is 0.963 bits per heavy atom. The average Bonchev–Trinajstić information content (AvgIpc) is 2.70. The Labute approximate surface area is 162 Å². The number of hydrazone groups is 1. The van der Waals surface area contributed by atoms with Crippen molar-refractivity contribution in [3.8, 4) is 0 Å². The van der Waals surface area contributed by atoms with Gasteiger partial charge < -0.3 is 5.32 Å². The maximum Gasteiger partial charge on any atom is 0.259 e. The van der Waals surface area contributed by atoms with Gasteiger partial charge in [0.15, 0.2) is 0 Å². The highest BCUT2D eigenvalue weighted by Crippen LogP contribution is 2.16. The highest BCUT2D eigenvalue weighted by molar-refractivity contribution is 6.33. The van der Waals surface area contributed by atoms with Gasteiger partial charge >= 0.3 is 0 Å². The summed E-state index contributed by atoms with van der Waals surface area (Å²) in [6, 6.07) is 20.6. The predicted molar refractivity (Wildman–Crippen MR) is 108 cm³/mol. The van der Waals surface area contributed by atoms with Crippen LogP contribution in [0.1, 0.15) is 22.8 Å². The van der Waals surface area contributed by atoms with Crippen LogP contribution in [0.15, 0.2) is 71.8 Å². The first-order valence-corrected chi connectivity index (χ1v) is 8.77. The zero-order valence-corrected chi connectivity index (χ0v) is 15.5. The van der Waals surface area contributed by atoms with Crippen LogP contribution in [-0.4, -0.2) is 24.1 Å². The van der Waals surface area contributed by atoms with Gasteiger partial charge in [-0.25, -0.2) is 5.43 Å². The van der Waals surface area contributed by atoms with E-state index in [1.165, 1.54) is 0 Å². The number of nitrogens with zero attached hydrogens (tertiary/aromatic N) is 1. The van der Waals surface area contributed by atoms with Gasteiger partial charge in [0.25, 0.3) is 11.8 Å². The monoisotopic (exact) mass is 379 g/mol. The second kappa shape index (κ2) is 8.47. The molecule has 0 aliphatic rings. The van der Waals surface area contributed by atoms with Crippen LogP contribution in [0, 0.1) is 0 Å². The van der Waals surface area contributed by atoms with Gasteiger partial charge in [-0.15, -0.1) is 0 Å². The van der Waals surface area contributed by atoms with Crippen molar-refractivity contribution in [1.82, 2.24) is 10.7 Å². The van der Waals surface area contributed by atoms with Gasteiger partial charge in [0, 0.05) is 0 Å². The number of hydrogen-bond donors (Lipinski definition) is 2. The van der Waals surface area contributed by atoms with E-state index < -0.39 is 11.8 Å². The van der Waals surface area contributed by atoms with Gasteiger partial charge in [-0.3, -0.25) is 9.59 Å². The lowest BCUT2D eigenvalue weighted by Gasteiger charge is -2.07. The van der Waals surface area contributed by atoms with Crippen LogP contribution in [-0.2, 0) is 4.79 Å². The normalized spacial score (nSPS) is 11.3. The summed E-state index contributed by atoms with van der Waals surface area (Å²) in [6.45, 7) is 1.62. The molecule has 0 aliphatic carbocycles. The molecule has 136 valence electrons. The molecule has 0 atom stereocenters. The minimum Gasteiger partial charge on any atom is -0.343 e. The molecular weight excluding hydrogens is 362 g/mol. The zero-order valence-electron chi connectivity index (χ0n) is 14.7. The van der Waals surface area contributed by atoms with Gasteiger partial charge in [0.2, 0.25) is 0 Å². The molecule has 0 unspecified atom stereocenters. The topological polar surface area (TPSA) is 70.6 Å². The Hall–Kier alpha value is -3.18. The van der Waals surface area contributed by atoms with E-state index in [2.05, 4.69) is 15.8 Å². The zero-order chi connectivity index (χ0) is 19.2. The van der Waals surface area contributed by atoms with Crippen LogP contribution in [0.4, 0.5) is 0 Å². The molecule has 0 radical (unpaired) electrons. The summed E-state index contributed by atoms with van der Waals surface area (Å²) in [6.07, 6.45) is 0. The van der Waals surface area contributed by atoms with Gasteiger partial charge in [-0.05, 0) is 41.5 Å². The second-order valence-electron chi connectivity index (χ2n) is 5.96. The maximum absolute atomic E-state index is 12.0. The Morgan fingerprint density at radius 2 is 1.67 bits per heavy atom. The number of fused-ring (bicyclic) bond motifs is 1. The number of carbonyl (C=O) groups is 2. The molecule has 2 amide bonds. The van der Waals surface area contributed by atoms with Gasteiger partial charge in [0.05, 0.1) is 22.8 Å². The molecule has 0 aromatic heterocycles. The number of amides is 2. The smallest absolute Gasteiger partial charge is 0.259 e. The van der Waals surface area contributed by atoms with E-state index in [0.29, 0.717) is 16.3 Å². The third-order valence-electron chi connectivity index (χ3n) is 4.04. The minimum absolute atomic E-state index is 0.196. The molecular formula is C21H18ClN3O2. The fourth-order valence-electron chi connectivity index (χ4n) is 2.57. The molecule has 5 nitrogen and oxygen atoms in total. The van der Waals surface area contributed by atoms with Crippen LogP contribution >= 0.6 is 11.6 Å². The summed E-state index contributed by atoms with van der Waals surface area (Å²) in [5, 5.41) is 9.20. The van der Waals surface area contributed by atoms with Crippen molar-refractivity contribution in [2.45, 2.75) is 6.92 Å². The molecule has 0 saturated heterocycles. The fourth-order valence-corrected chi connectivity index (χ4v) is 2.79. The van der Waals surface area contributed by atoms with E-state index in [9.17, 15) is 9.59 Å². The largest absolute Gasteiger partial charge is 0.343 e. The third-order valence-corrected chi connectivity index (χ3v) is 4.37. The molecule has 0 fully saturated rings. The quantitative estimate of drug-likeness (QED) is 0.523. The van der Waals surface area contributed by atoms with Crippen LogP contribution in [0.3, 0.4) is 0 Å². The summed E-state index contributed by atoms with van der Waals surface area (Å²) in [5.41, 5.74) is 4.36. The van der Waals surface area contributed by atoms with E-state index in [1.54, 1.807) is 24.3 Å². The number of benzene rings is 3. The second-order valence-corrected chi connectivity index (χ2v) is 6.36. The molecule has 2 N–H and O–H groups in total. The van der Waals surface area contributed by atoms with E-state index in [4.69, 9.17) is 11.6 Å². The number of rotatable bonds is 5. The highest BCUT2D eigenvalue weighted by Gasteiger charge is 2.10. The molecule has 0 spiro atoms. The number of nitrogens with one attached hydrogen (secondary N) is 2. The molecule has 0 saturated carbocycles. The summed E-state index contributed by atoms with van der Waals surface area (Å²) >= 11 is 5.96. The first-order chi connectivity index (χ1) is 13.0. The summed E-state index contributed by atoms with van der Waals surface area (Å²) < 4.78 is 0. The molecule has 27 heavy (non-hydrogen) atoms. The standard InChI is InChI=1S/C21H18ClN3O2/c1-14(16-11-10-15-6-2-3-7-17(15)12-16)24-25-20(26)13-23-21(27)18-8-4-5-9-19(18)22/h2-12H,13H2,1H3,(H,23,27)(H,25,26)/b24-14+. The fraction of sp³-hybridized carbons (Fsp3) is 0.0952. The van der Waals surface area contributed by atoms with Crippen LogP contribution < -0.4 is 10.7 Å². The average molecular weight is 380 g/mol. The number of hydrogen-bond acceptors (Lipinski definition) is 3. The SMILES string of the molecule is C/C(=N\NC(=O)CNC(=O)c1ccccc1Cl)c1ccc2ccccc2c1. The molecule has 6 heteroatoms. The number of carbonyl (C=O) groups excluding carboxylic acids is 2. The van der Waals surface area contributed by atoms with Crippen molar-refractivity contribution in [2.75, 3.05) is 6.54 Å². The molecule has 3 aromatic rings. The van der Waals surface area contributed by atoms with Gasteiger partial charge in [0.1, 0.15) is 0 Å². The lowest BCUT2D eigenvalue weighted by atomic mass is 10.0. The van der Waals surface area contributed by atoms with E-state index >= 15 is 0 Å². The maximum atomic E-state index is 12.0. The van der Waals surface area contributed by atoms with Gasteiger partial charge in [-0.2, -0.15) is 5.10 Å². The Morgan fingerprint density at radius 3 is 2.44 bits per heavy atom. The summed E-state index contributed by atoms with van der Waals surface area (Å²) in [4.78, 5) is 24.0. The van der Waals surface area contributed by atoms with E-state index in [0.717, 1.165) is 16.3 Å². The van der Waals surface area contributed by atoms with Crippen LogP contribution in [0.5, 0.6) is 0 Å². The van der Waals surface area contributed by atoms with Crippen molar-refractivity contribution in [1.29, 1.82) is 0 Å². The van der Waals surface area contributed by atoms with E-state index in [-0.39, 0.29) is 6.54 Å². The summed E-state index contributed by atoms with van der Waals surface area (Å²) in [7, 11) is 0. The molecule has 3 rings (SSSR count). The lowest BCUT2D eigenvalue weighted by molar-refractivity contribution is -0.120. The molecule has 0 bridgehead atoms. The minimum atomic E-state index is -0.421. The van der Waals surface area contributed by atoms with Crippen molar-refractivity contribution in [3.05, 3.63) is 82.9 Å². The first kappa shape index (κ1) is 18.6. The van der Waals surface area contributed by atoms with Gasteiger partial charge in [-0.1, -0.05) is 60.1 Å². The van der Waals surface area contributed by atoms with Crippen LogP contribution in [0.2, 0.25) is 5.02 Å². The van der Waals surface area contributed by atoms with Crippen molar-refractivity contribution >= 4 is 39.9 Å². The predicted octanol–water partition coefficient (Wildman–Crippen LogP) is 3.76. The summed E-state index contributed by atoms with van der Waals surface area (Å²) in [5.74, 6) is -0.832. The first-order valence-electron chi connectivity index (χ1n) is 8.39. The number of halogens is 1. The molecule has 0 aliphatic heterocycles. The van der Waals surface area contributed by atoms with Crippen molar-refractivity contribution < 1.29 is 9.59 Å². The van der Waals surface area contributed by atoms with Crippen LogP contribution in [0.25, 0.3) is 10.8 Å². The van der Waals surface area contributed by atoms with Crippen molar-refractivity contribution in [3.63, 3.8) is 0 Å². The molecule has 0 heterocycles. The Balaban J connectivity index is 1.58. The Bertz CT molecular complexity index is 1030. The highest BCUT2D eigenvalue weighted by atomic mass is 35.5. The Kier molecular flexibility index (Phi) is 5.84. The van der Waals surface area contributed by atoms with E-state index in [1.807, 2.05) is 49.4 Å². The van der Waals surface area contributed by atoms with Crippen molar-refractivity contribution in [2.24, 2.45) is 5.10 Å². The molecule has 3 aromatic carbocycles. The lowest BCUT2D eigenvalue weighted by Crippen LogP contribution is -2.35.